The van der Waals surface area contributed by atoms with Gasteiger partial charge in [0.05, 0.1) is 13.7 Å². The number of aliphatic hydroxyl groups excluding tert-OH is 1. The highest BCUT2D eigenvalue weighted by Gasteiger charge is 2.47. The van der Waals surface area contributed by atoms with E-state index in [0.29, 0.717) is 18.7 Å². The van der Waals surface area contributed by atoms with Crippen LogP contribution in [0.5, 0.6) is 5.75 Å². The number of likely N-dealkylation sites (tertiary alicyclic amines) is 2. The normalized spacial score (nSPS) is 24.8. The smallest absolute Gasteiger partial charge is 0.253 e. The third-order valence-corrected chi connectivity index (χ3v) is 6.85. The SMILES string of the molecule is COc1ccccc1-c1ccc(C(=O)N2CC[C@@]3(CO)CCCN(C)[C@@H]3C2)cc1. The predicted molar refractivity (Wildman–Crippen MR) is 114 cm³/mol. The number of rotatable bonds is 4. The molecule has 154 valence electrons. The van der Waals surface area contributed by atoms with Gasteiger partial charge in [-0.1, -0.05) is 30.3 Å². The predicted octanol–water partition coefficient (Wildman–Crippen LogP) is 3.28. The van der Waals surface area contributed by atoms with Gasteiger partial charge in [0.1, 0.15) is 5.75 Å². The molecule has 0 unspecified atom stereocenters. The average Bonchev–Trinajstić information content (AvgIpc) is 2.78. The third-order valence-electron chi connectivity index (χ3n) is 6.85. The van der Waals surface area contributed by atoms with E-state index in [9.17, 15) is 9.90 Å². The Bertz CT molecular complexity index is 867. The minimum atomic E-state index is -0.0580. The maximum atomic E-state index is 13.2. The van der Waals surface area contributed by atoms with Crippen LogP contribution < -0.4 is 4.74 Å². The highest BCUT2D eigenvalue weighted by molar-refractivity contribution is 5.95. The fourth-order valence-corrected chi connectivity index (χ4v) is 5.06. The van der Waals surface area contributed by atoms with Crippen molar-refractivity contribution in [2.24, 2.45) is 5.41 Å². The summed E-state index contributed by atoms with van der Waals surface area (Å²) < 4.78 is 5.45. The Morgan fingerprint density at radius 3 is 2.62 bits per heavy atom. The molecule has 1 amide bonds. The number of piperidine rings is 2. The number of hydrogen-bond donors (Lipinski definition) is 1. The van der Waals surface area contributed by atoms with Crippen molar-refractivity contribution in [1.29, 1.82) is 0 Å². The second-order valence-corrected chi connectivity index (χ2v) is 8.40. The summed E-state index contributed by atoms with van der Waals surface area (Å²) in [4.78, 5) is 17.4. The van der Waals surface area contributed by atoms with Crippen LogP contribution in [0, 0.1) is 5.41 Å². The molecule has 0 aliphatic carbocycles. The van der Waals surface area contributed by atoms with E-state index in [4.69, 9.17) is 4.74 Å². The van der Waals surface area contributed by atoms with Gasteiger partial charge in [0.15, 0.2) is 0 Å². The molecule has 0 aromatic heterocycles. The van der Waals surface area contributed by atoms with E-state index in [1.54, 1.807) is 7.11 Å². The Kier molecular flexibility index (Phi) is 5.61. The molecule has 2 fully saturated rings. The summed E-state index contributed by atoms with van der Waals surface area (Å²) in [6.07, 6.45) is 3.03. The Morgan fingerprint density at radius 2 is 1.90 bits per heavy atom. The third kappa shape index (κ3) is 3.65. The fourth-order valence-electron chi connectivity index (χ4n) is 5.06. The van der Waals surface area contributed by atoms with Gasteiger partial charge in [-0.3, -0.25) is 4.79 Å². The number of likely N-dealkylation sites (N-methyl/N-ethyl adjacent to an activating group) is 1. The molecule has 0 radical (unpaired) electrons. The molecular formula is C24H30N2O3. The fraction of sp³-hybridized carbons (Fsp3) is 0.458. The molecule has 4 rings (SSSR count). The van der Waals surface area contributed by atoms with Crippen LogP contribution in [0.15, 0.2) is 48.5 Å². The van der Waals surface area contributed by atoms with Crippen molar-refractivity contribution >= 4 is 5.91 Å². The second-order valence-electron chi connectivity index (χ2n) is 8.40. The molecule has 2 aliphatic rings. The molecule has 2 saturated heterocycles. The number of nitrogens with zero attached hydrogens (tertiary/aromatic N) is 2. The summed E-state index contributed by atoms with van der Waals surface area (Å²) >= 11 is 0. The number of amides is 1. The Hall–Kier alpha value is -2.37. The van der Waals surface area contributed by atoms with Crippen LogP contribution in [0.3, 0.4) is 0 Å². The Labute approximate surface area is 172 Å². The van der Waals surface area contributed by atoms with Crippen molar-refractivity contribution < 1.29 is 14.6 Å². The summed E-state index contributed by atoms with van der Waals surface area (Å²) in [5.41, 5.74) is 2.70. The van der Waals surface area contributed by atoms with Crippen molar-refractivity contribution in [2.45, 2.75) is 25.3 Å². The molecule has 2 atom stereocenters. The molecule has 1 N–H and O–H groups in total. The molecule has 2 aromatic carbocycles. The lowest BCUT2D eigenvalue weighted by molar-refractivity contribution is -0.0601. The first-order chi connectivity index (χ1) is 14.1. The van der Waals surface area contributed by atoms with E-state index in [0.717, 1.165) is 42.7 Å². The summed E-state index contributed by atoms with van der Waals surface area (Å²) in [5, 5.41) is 10.1. The number of carbonyl (C=O) groups is 1. The lowest BCUT2D eigenvalue weighted by atomic mass is 9.69. The van der Waals surface area contributed by atoms with Crippen molar-refractivity contribution in [1.82, 2.24) is 9.80 Å². The minimum absolute atomic E-state index is 0.0580. The largest absolute Gasteiger partial charge is 0.496 e. The average molecular weight is 395 g/mol. The summed E-state index contributed by atoms with van der Waals surface area (Å²) in [6, 6.07) is 15.9. The first-order valence-corrected chi connectivity index (χ1v) is 10.4. The van der Waals surface area contributed by atoms with Crippen molar-refractivity contribution in [3.63, 3.8) is 0 Å². The standard InChI is InChI=1S/C24H30N2O3/c1-25-14-5-12-24(17-27)13-15-26(16-22(24)25)23(28)19-10-8-18(9-11-19)20-6-3-4-7-21(20)29-2/h3-4,6-11,22,27H,5,12-17H2,1-2H3/t22-,24-/m1/s1. The molecule has 2 aliphatic heterocycles. The summed E-state index contributed by atoms with van der Waals surface area (Å²) in [7, 11) is 3.78. The molecule has 2 aromatic rings. The number of carbonyl (C=O) groups excluding carboxylic acids is 1. The van der Waals surface area contributed by atoms with Crippen LogP contribution in [0.4, 0.5) is 0 Å². The van der Waals surface area contributed by atoms with Crippen LogP contribution in [-0.4, -0.2) is 67.3 Å². The number of methoxy groups -OCH3 is 1. The lowest BCUT2D eigenvalue weighted by Crippen LogP contribution is -2.62. The number of ether oxygens (including phenoxy) is 1. The maximum Gasteiger partial charge on any atom is 0.253 e. The van der Waals surface area contributed by atoms with Gasteiger partial charge in [0.2, 0.25) is 0 Å². The van der Waals surface area contributed by atoms with Gasteiger partial charge < -0.3 is 19.6 Å². The van der Waals surface area contributed by atoms with Gasteiger partial charge in [-0.15, -0.1) is 0 Å². The van der Waals surface area contributed by atoms with Gasteiger partial charge in [-0.05, 0) is 56.6 Å². The highest BCUT2D eigenvalue weighted by atomic mass is 16.5. The molecule has 5 nitrogen and oxygen atoms in total. The second kappa shape index (κ2) is 8.17. The Balaban J connectivity index is 1.52. The number of hydrogen-bond acceptors (Lipinski definition) is 4. The van der Waals surface area contributed by atoms with E-state index in [-0.39, 0.29) is 24.0 Å². The summed E-state index contributed by atoms with van der Waals surface area (Å²) in [5.74, 6) is 0.894. The van der Waals surface area contributed by atoms with Gasteiger partial charge in [-0.2, -0.15) is 0 Å². The molecule has 0 saturated carbocycles. The van der Waals surface area contributed by atoms with Crippen LogP contribution in [-0.2, 0) is 0 Å². The number of benzene rings is 2. The molecule has 5 heteroatoms. The quantitative estimate of drug-likeness (QED) is 0.865. The topological polar surface area (TPSA) is 53.0 Å². The number of aliphatic hydroxyl groups is 1. The van der Waals surface area contributed by atoms with E-state index < -0.39 is 0 Å². The van der Waals surface area contributed by atoms with Crippen LogP contribution in [0.2, 0.25) is 0 Å². The first kappa shape index (κ1) is 19.9. The molecule has 0 bridgehead atoms. The maximum absolute atomic E-state index is 13.2. The van der Waals surface area contributed by atoms with Gasteiger partial charge in [0.25, 0.3) is 5.91 Å². The molecule has 2 heterocycles. The van der Waals surface area contributed by atoms with Gasteiger partial charge in [-0.25, -0.2) is 0 Å². The molecular weight excluding hydrogens is 364 g/mol. The van der Waals surface area contributed by atoms with Gasteiger partial charge in [0, 0.05) is 35.7 Å². The van der Waals surface area contributed by atoms with E-state index in [1.807, 2.05) is 53.4 Å². The van der Waals surface area contributed by atoms with Crippen LogP contribution in [0.25, 0.3) is 11.1 Å². The van der Waals surface area contributed by atoms with Crippen molar-refractivity contribution in [3.05, 3.63) is 54.1 Å². The molecule has 0 spiro atoms. The Morgan fingerprint density at radius 1 is 1.14 bits per heavy atom. The molecule has 29 heavy (non-hydrogen) atoms. The number of fused-ring (bicyclic) bond motifs is 1. The zero-order chi connectivity index (χ0) is 20.4. The van der Waals surface area contributed by atoms with Crippen LogP contribution >= 0.6 is 0 Å². The van der Waals surface area contributed by atoms with Gasteiger partial charge >= 0.3 is 0 Å². The summed E-state index contributed by atoms with van der Waals surface area (Å²) in [6.45, 7) is 2.63. The highest BCUT2D eigenvalue weighted by Crippen LogP contribution is 2.41. The monoisotopic (exact) mass is 394 g/mol. The van der Waals surface area contributed by atoms with Crippen molar-refractivity contribution in [2.75, 3.05) is 40.4 Å². The first-order valence-electron chi connectivity index (χ1n) is 10.4. The minimum Gasteiger partial charge on any atom is -0.496 e. The van der Waals surface area contributed by atoms with E-state index >= 15 is 0 Å². The van der Waals surface area contributed by atoms with E-state index in [2.05, 4.69) is 11.9 Å². The zero-order valence-electron chi connectivity index (χ0n) is 17.3. The number of para-hydroxylation sites is 1. The zero-order valence-corrected chi connectivity index (χ0v) is 17.3. The van der Waals surface area contributed by atoms with Crippen molar-refractivity contribution in [3.8, 4) is 16.9 Å². The van der Waals surface area contributed by atoms with E-state index in [1.165, 1.54) is 0 Å². The van der Waals surface area contributed by atoms with Crippen LogP contribution in [0.1, 0.15) is 29.6 Å². The lowest BCUT2D eigenvalue weighted by Gasteiger charge is -2.53.